The van der Waals surface area contributed by atoms with E-state index in [-0.39, 0.29) is 0 Å². The topological polar surface area (TPSA) is 0 Å². The minimum absolute atomic E-state index is 0.521. The van der Waals surface area contributed by atoms with Crippen molar-refractivity contribution in [1.82, 2.24) is 0 Å². The van der Waals surface area contributed by atoms with Crippen molar-refractivity contribution in [2.75, 3.05) is 0 Å². The fraction of sp³-hybridized carbons (Fsp3) is 0.125. The van der Waals surface area contributed by atoms with Gasteiger partial charge >= 0.3 is 0 Å². The van der Waals surface area contributed by atoms with Crippen molar-refractivity contribution >= 4 is 76.3 Å². The molecular weight excluding hydrogens is 384 g/mol. The summed E-state index contributed by atoms with van der Waals surface area (Å²) in [5.41, 5.74) is 12.8. The van der Waals surface area contributed by atoms with Gasteiger partial charge in [-0.2, -0.15) is 0 Å². The molecule has 0 N–H and O–H groups in total. The van der Waals surface area contributed by atoms with Crippen LogP contribution in [0.2, 0.25) is 0 Å². The average Bonchev–Trinajstić information content (AvgIpc) is 3.53. The third-order valence-electron chi connectivity index (χ3n) is 10.1. The van der Waals surface area contributed by atoms with Crippen molar-refractivity contribution in [3.8, 4) is 0 Å². The largest absolute Gasteiger partial charge is 0.0760 e. The highest BCUT2D eigenvalue weighted by molar-refractivity contribution is 6.51. The van der Waals surface area contributed by atoms with Gasteiger partial charge in [0.25, 0.3) is 0 Å². The number of allylic oxidation sites excluding steroid dienone is 3. The maximum atomic E-state index is 2.64. The lowest BCUT2D eigenvalue weighted by Gasteiger charge is -2.31. The van der Waals surface area contributed by atoms with Crippen LogP contribution >= 0.6 is 0 Å². The van der Waals surface area contributed by atoms with E-state index in [2.05, 4.69) is 48.6 Å². The van der Waals surface area contributed by atoms with Gasteiger partial charge in [-0.3, -0.25) is 0 Å². The first-order chi connectivity index (χ1) is 15.9. The molecule has 0 amide bonds. The number of rotatable bonds is 0. The number of hydrogen-bond acceptors (Lipinski definition) is 0. The maximum absolute atomic E-state index is 2.64. The summed E-state index contributed by atoms with van der Waals surface area (Å²) in [5, 5.41) is 18.9. The van der Waals surface area contributed by atoms with Gasteiger partial charge in [0.05, 0.1) is 0 Å². The second-order valence-corrected chi connectivity index (χ2v) is 11.1. The van der Waals surface area contributed by atoms with E-state index >= 15 is 0 Å². The third-order valence-corrected chi connectivity index (χ3v) is 10.1. The van der Waals surface area contributed by atoms with Gasteiger partial charge in [0, 0.05) is 11.8 Å². The first-order valence-electron chi connectivity index (χ1n) is 12.0. The molecule has 142 valence electrons. The molecule has 2 unspecified atom stereocenters. The summed E-state index contributed by atoms with van der Waals surface area (Å²) in [6.45, 7) is 0. The van der Waals surface area contributed by atoms with E-state index in [9.17, 15) is 0 Å². The van der Waals surface area contributed by atoms with Gasteiger partial charge in [-0.15, -0.1) is 0 Å². The van der Waals surface area contributed by atoms with E-state index in [1.165, 1.54) is 16.3 Å². The molecule has 0 saturated heterocycles. The van der Waals surface area contributed by atoms with Crippen molar-refractivity contribution in [2.45, 2.75) is 18.8 Å². The molecule has 7 aromatic carbocycles. The Bertz CT molecular complexity index is 2230. The maximum Gasteiger partial charge on any atom is 0.0212 e. The molecule has 5 aliphatic carbocycles. The van der Waals surface area contributed by atoms with E-state index in [1.54, 1.807) is 92.8 Å². The molecular formula is C32H14. The zero-order valence-electron chi connectivity index (χ0n) is 17.2. The minimum atomic E-state index is 0.521. The lowest BCUT2D eigenvalue weighted by Crippen LogP contribution is -2.17. The molecule has 2 atom stereocenters. The second-order valence-electron chi connectivity index (χ2n) is 11.1. The van der Waals surface area contributed by atoms with Crippen molar-refractivity contribution in [2.24, 2.45) is 5.92 Å². The van der Waals surface area contributed by atoms with Crippen LogP contribution < -0.4 is 0 Å². The van der Waals surface area contributed by atoms with Gasteiger partial charge < -0.3 is 0 Å². The van der Waals surface area contributed by atoms with Gasteiger partial charge in [-0.05, 0) is 122 Å². The van der Waals surface area contributed by atoms with Gasteiger partial charge in [-0.1, -0.05) is 48.6 Å². The lowest BCUT2D eigenvalue weighted by atomic mass is 9.71. The van der Waals surface area contributed by atoms with E-state index in [1.807, 2.05) is 0 Å². The summed E-state index contributed by atoms with van der Waals surface area (Å²) in [4.78, 5) is 0. The Morgan fingerprint density at radius 2 is 1.28 bits per heavy atom. The molecule has 5 aliphatic rings. The smallest absolute Gasteiger partial charge is 0.0212 e. The van der Waals surface area contributed by atoms with Crippen molar-refractivity contribution in [3.63, 3.8) is 0 Å². The Labute approximate surface area is 182 Å². The molecule has 0 heterocycles. The first kappa shape index (κ1) is 13.7. The van der Waals surface area contributed by atoms with Gasteiger partial charge in [0.15, 0.2) is 0 Å². The van der Waals surface area contributed by atoms with Gasteiger partial charge in [0.2, 0.25) is 0 Å². The highest BCUT2D eigenvalue weighted by Gasteiger charge is 2.45. The van der Waals surface area contributed by atoms with Crippen LogP contribution in [0.25, 0.3) is 76.3 Å². The fourth-order valence-electron chi connectivity index (χ4n) is 9.34. The Hall–Kier alpha value is -3.64. The van der Waals surface area contributed by atoms with Gasteiger partial charge in [-0.25, -0.2) is 0 Å². The molecule has 0 radical (unpaired) electrons. The SMILES string of the molecule is C1=CC2C=C3Cc4cc5ccc6cc7c8c9c(cc1c1c9c9c(c3c4c3c5c6c8c93)C12)C7. The van der Waals surface area contributed by atoms with Crippen LogP contribution in [0.5, 0.6) is 0 Å². The van der Waals surface area contributed by atoms with Crippen LogP contribution in [0.1, 0.15) is 44.9 Å². The molecule has 0 bridgehead atoms. The van der Waals surface area contributed by atoms with E-state index in [0.29, 0.717) is 11.8 Å². The first-order valence-corrected chi connectivity index (χ1v) is 12.0. The summed E-state index contributed by atoms with van der Waals surface area (Å²) in [7, 11) is 0. The van der Waals surface area contributed by atoms with Crippen molar-refractivity contribution < 1.29 is 0 Å². The van der Waals surface area contributed by atoms with Gasteiger partial charge in [0.1, 0.15) is 0 Å². The minimum Gasteiger partial charge on any atom is -0.0760 e. The van der Waals surface area contributed by atoms with Crippen LogP contribution in [0, 0.1) is 5.92 Å². The monoisotopic (exact) mass is 398 g/mol. The predicted molar refractivity (Wildman–Crippen MR) is 134 cm³/mol. The molecule has 7 aromatic rings. The molecule has 0 aliphatic heterocycles. The summed E-state index contributed by atoms with van der Waals surface area (Å²) in [6, 6.07) is 12.4. The van der Waals surface area contributed by atoms with E-state index in [4.69, 9.17) is 0 Å². The summed E-state index contributed by atoms with van der Waals surface area (Å²) in [5.74, 6) is 1.05. The molecule has 32 heavy (non-hydrogen) atoms. The molecule has 0 spiro atoms. The second kappa shape index (κ2) is 3.63. The molecule has 12 rings (SSSR count). The average molecular weight is 398 g/mol. The fourth-order valence-corrected chi connectivity index (χ4v) is 9.34. The molecule has 0 fully saturated rings. The Balaban J connectivity index is 1.64. The zero-order chi connectivity index (χ0) is 19.8. The predicted octanol–water partition coefficient (Wildman–Crippen LogP) is 7.86. The molecule has 0 nitrogen and oxygen atoms in total. The highest BCUT2D eigenvalue weighted by atomic mass is 14.5. The van der Waals surface area contributed by atoms with Crippen molar-refractivity contribution in [1.29, 1.82) is 0 Å². The van der Waals surface area contributed by atoms with Crippen LogP contribution in [-0.4, -0.2) is 0 Å². The van der Waals surface area contributed by atoms with E-state index in [0.717, 1.165) is 12.8 Å². The van der Waals surface area contributed by atoms with E-state index < -0.39 is 0 Å². The lowest BCUT2D eigenvalue weighted by molar-refractivity contribution is 0.685. The summed E-state index contributed by atoms with van der Waals surface area (Å²) in [6.07, 6.45) is 9.81. The normalized spacial score (nSPS) is 22.8. The Kier molecular flexibility index (Phi) is 1.55. The third kappa shape index (κ3) is 0.998. The summed E-state index contributed by atoms with van der Waals surface area (Å²) >= 11 is 0. The number of hydrogen-bond donors (Lipinski definition) is 0. The molecule has 0 aromatic heterocycles. The Morgan fingerprint density at radius 3 is 2.16 bits per heavy atom. The van der Waals surface area contributed by atoms with Crippen LogP contribution in [0.4, 0.5) is 0 Å². The van der Waals surface area contributed by atoms with Crippen LogP contribution in [-0.2, 0) is 12.8 Å². The van der Waals surface area contributed by atoms with Crippen LogP contribution in [0.15, 0.2) is 42.5 Å². The van der Waals surface area contributed by atoms with Crippen LogP contribution in [0.3, 0.4) is 0 Å². The summed E-state index contributed by atoms with van der Waals surface area (Å²) < 4.78 is 0. The number of benzene rings is 6. The molecule has 0 saturated carbocycles. The molecule has 0 heteroatoms. The highest BCUT2D eigenvalue weighted by Crippen LogP contribution is 2.66. The standard InChI is InChI=1S/C32H14/c1-2-12-6-16-10-18-8-14-4-3-13-7-17-9-15-5-11(1)19-20(12)28-24(16)26(18)30-22(14)21(13)29-25(17)23(15)27(19)31(28)32(29)30/h1-8,11,19H,9-10H2. The quantitative estimate of drug-likeness (QED) is 0.228. The Morgan fingerprint density at radius 1 is 0.594 bits per heavy atom. The zero-order valence-corrected chi connectivity index (χ0v) is 17.2. The van der Waals surface area contributed by atoms with Crippen molar-refractivity contribution in [3.05, 3.63) is 81.4 Å².